The van der Waals surface area contributed by atoms with E-state index in [4.69, 9.17) is 4.74 Å². The number of likely N-dealkylation sites (N-methyl/N-ethyl adjacent to an activating group) is 1. The number of alkyl halides is 3. The second-order valence-electron chi connectivity index (χ2n) is 6.97. The Kier molecular flexibility index (Phi) is 8.72. The molecule has 0 saturated heterocycles. The van der Waals surface area contributed by atoms with Crippen molar-refractivity contribution >= 4 is 11.9 Å². The van der Waals surface area contributed by atoms with Gasteiger partial charge >= 0.3 is 6.18 Å². The van der Waals surface area contributed by atoms with E-state index in [-0.39, 0.29) is 19.1 Å². The predicted octanol–water partition coefficient (Wildman–Crippen LogP) is 3.43. The number of amides is 1. The predicted molar refractivity (Wildman–Crippen MR) is 114 cm³/mol. The lowest BCUT2D eigenvalue weighted by Crippen LogP contribution is -2.36. The number of guanidine groups is 1. The van der Waals surface area contributed by atoms with Crippen LogP contribution in [0.1, 0.15) is 23.6 Å². The van der Waals surface area contributed by atoms with Crippen LogP contribution in [0.3, 0.4) is 0 Å². The van der Waals surface area contributed by atoms with Gasteiger partial charge in [-0.3, -0.25) is 4.79 Å². The second-order valence-corrected chi connectivity index (χ2v) is 6.97. The smallest absolute Gasteiger partial charge is 0.416 e. The molecule has 2 aromatic rings. The highest BCUT2D eigenvalue weighted by atomic mass is 19.4. The van der Waals surface area contributed by atoms with Crippen LogP contribution in [0, 0.1) is 0 Å². The van der Waals surface area contributed by atoms with Crippen molar-refractivity contribution in [2.75, 3.05) is 27.2 Å². The van der Waals surface area contributed by atoms with Crippen LogP contribution in [0.15, 0.2) is 53.5 Å². The number of rotatable bonds is 8. The molecule has 6 nitrogen and oxygen atoms in total. The van der Waals surface area contributed by atoms with Crippen molar-refractivity contribution in [3.05, 3.63) is 65.2 Å². The van der Waals surface area contributed by atoms with Crippen LogP contribution in [0.25, 0.3) is 0 Å². The fourth-order valence-corrected chi connectivity index (χ4v) is 2.56. The molecule has 2 rings (SSSR count). The van der Waals surface area contributed by atoms with E-state index < -0.39 is 11.7 Å². The zero-order chi connectivity index (χ0) is 22.9. The molecule has 9 heteroatoms. The Bertz CT molecular complexity index is 898. The first-order valence-electron chi connectivity index (χ1n) is 9.79. The standard InChI is InChI=1S/C22H27F3N4O2/c1-4-26-21(27-13-16-7-5-9-18(11-16)22(23,24)25)28-14-17-8-6-10-19(12-17)31-15-20(30)29(2)3/h5-12H,4,13-15H2,1-3H3,(H2,26,27,28). The summed E-state index contributed by atoms with van der Waals surface area (Å²) in [6, 6.07) is 12.4. The Hall–Kier alpha value is -3.23. The molecule has 0 unspecified atom stereocenters. The molecule has 31 heavy (non-hydrogen) atoms. The summed E-state index contributed by atoms with van der Waals surface area (Å²) in [4.78, 5) is 17.5. The molecule has 0 fully saturated rings. The number of ether oxygens (including phenoxy) is 1. The molecule has 0 aromatic heterocycles. The number of halogens is 3. The number of nitrogens with one attached hydrogen (secondary N) is 2. The Morgan fingerprint density at radius 1 is 1.06 bits per heavy atom. The minimum atomic E-state index is -4.38. The number of nitrogens with zero attached hydrogens (tertiary/aromatic N) is 2. The van der Waals surface area contributed by atoms with E-state index in [2.05, 4.69) is 15.6 Å². The Morgan fingerprint density at radius 2 is 1.77 bits per heavy atom. The fourth-order valence-electron chi connectivity index (χ4n) is 2.56. The van der Waals surface area contributed by atoms with Crippen molar-refractivity contribution in [2.45, 2.75) is 26.2 Å². The molecule has 0 aliphatic carbocycles. The van der Waals surface area contributed by atoms with Gasteiger partial charge in [0.1, 0.15) is 5.75 Å². The van der Waals surface area contributed by atoms with Gasteiger partial charge in [0.15, 0.2) is 12.6 Å². The van der Waals surface area contributed by atoms with Gasteiger partial charge in [-0.1, -0.05) is 24.3 Å². The van der Waals surface area contributed by atoms with Gasteiger partial charge in [0.2, 0.25) is 0 Å². The molecule has 0 atom stereocenters. The van der Waals surface area contributed by atoms with Crippen molar-refractivity contribution < 1.29 is 22.7 Å². The average molecular weight is 436 g/mol. The molecule has 0 spiro atoms. The number of aliphatic imine (C=N–C) groups is 1. The monoisotopic (exact) mass is 436 g/mol. The summed E-state index contributed by atoms with van der Waals surface area (Å²) in [5, 5.41) is 6.22. The lowest BCUT2D eigenvalue weighted by Gasteiger charge is -2.14. The topological polar surface area (TPSA) is 66.0 Å². The SMILES string of the molecule is CCNC(=NCc1cccc(C(F)(F)F)c1)NCc1cccc(OCC(=O)N(C)C)c1. The highest BCUT2D eigenvalue weighted by Gasteiger charge is 2.30. The molecule has 0 bridgehead atoms. The normalized spacial score (nSPS) is 11.7. The third kappa shape index (κ3) is 8.19. The largest absolute Gasteiger partial charge is 0.484 e. The summed E-state index contributed by atoms with van der Waals surface area (Å²) >= 11 is 0. The van der Waals surface area contributed by atoms with E-state index in [1.54, 1.807) is 26.2 Å². The van der Waals surface area contributed by atoms with E-state index in [0.717, 1.165) is 17.7 Å². The van der Waals surface area contributed by atoms with E-state index in [1.807, 2.05) is 25.1 Å². The van der Waals surface area contributed by atoms with Crippen molar-refractivity contribution in [3.8, 4) is 5.75 Å². The van der Waals surface area contributed by atoms with E-state index in [0.29, 0.717) is 30.4 Å². The first-order chi connectivity index (χ1) is 14.7. The fraction of sp³-hybridized carbons (Fsp3) is 0.364. The van der Waals surface area contributed by atoms with Crippen LogP contribution in [-0.4, -0.2) is 44.0 Å². The third-order valence-electron chi connectivity index (χ3n) is 4.24. The van der Waals surface area contributed by atoms with E-state index >= 15 is 0 Å². The van der Waals surface area contributed by atoms with Gasteiger partial charge in [0.05, 0.1) is 12.1 Å². The maximum atomic E-state index is 12.9. The van der Waals surface area contributed by atoms with Gasteiger partial charge in [0, 0.05) is 27.2 Å². The summed E-state index contributed by atoms with van der Waals surface area (Å²) < 4.78 is 44.1. The second kappa shape index (κ2) is 11.2. The van der Waals surface area contributed by atoms with E-state index in [1.165, 1.54) is 11.0 Å². The molecular formula is C22H27F3N4O2. The van der Waals surface area contributed by atoms with Gasteiger partial charge in [-0.05, 0) is 42.3 Å². The Morgan fingerprint density at radius 3 is 2.45 bits per heavy atom. The van der Waals surface area contributed by atoms with Crippen molar-refractivity contribution in [1.82, 2.24) is 15.5 Å². The number of carbonyl (C=O) groups excluding carboxylic acids is 1. The van der Waals surface area contributed by atoms with Crippen LogP contribution in [0.5, 0.6) is 5.75 Å². The van der Waals surface area contributed by atoms with E-state index in [9.17, 15) is 18.0 Å². The lowest BCUT2D eigenvalue weighted by atomic mass is 10.1. The summed E-state index contributed by atoms with van der Waals surface area (Å²) in [7, 11) is 3.32. The third-order valence-corrected chi connectivity index (χ3v) is 4.24. The summed E-state index contributed by atoms with van der Waals surface area (Å²) in [5.41, 5.74) is 0.676. The zero-order valence-electron chi connectivity index (χ0n) is 17.8. The maximum absolute atomic E-state index is 12.9. The average Bonchev–Trinajstić information content (AvgIpc) is 2.73. The van der Waals surface area contributed by atoms with Gasteiger partial charge in [-0.15, -0.1) is 0 Å². The number of hydrogen-bond donors (Lipinski definition) is 2. The first kappa shape index (κ1) is 24.0. The van der Waals surface area contributed by atoms with Gasteiger partial charge in [0.25, 0.3) is 5.91 Å². The first-order valence-corrected chi connectivity index (χ1v) is 9.79. The highest BCUT2D eigenvalue weighted by Crippen LogP contribution is 2.29. The van der Waals surface area contributed by atoms with Gasteiger partial charge < -0.3 is 20.3 Å². The molecular weight excluding hydrogens is 409 g/mol. The molecule has 1 amide bonds. The number of benzene rings is 2. The van der Waals surface area contributed by atoms with Crippen molar-refractivity contribution in [1.29, 1.82) is 0 Å². The molecule has 2 aromatic carbocycles. The maximum Gasteiger partial charge on any atom is 0.416 e. The molecule has 0 radical (unpaired) electrons. The van der Waals surface area contributed by atoms with Crippen LogP contribution in [0.2, 0.25) is 0 Å². The van der Waals surface area contributed by atoms with Gasteiger partial charge in [-0.2, -0.15) is 13.2 Å². The van der Waals surface area contributed by atoms with Crippen LogP contribution in [0.4, 0.5) is 13.2 Å². The number of hydrogen-bond acceptors (Lipinski definition) is 3. The summed E-state index contributed by atoms with van der Waals surface area (Å²) in [5.74, 6) is 0.911. The number of carbonyl (C=O) groups is 1. The van der Waals surface area contributed by atoms with Crippen LogP contribution < -0.4 is 15.4 Å². The quantitative estimate of drug-likeness (QED) is 0.492. The highest BCUT2D eigenvalue weighted by molar-refractivity contribution is 5.79. The summed E-state index contributed by atoms with van der Waals surface area (Å²) in [6.45, 7) is 2.98. The molecule has 0 aliphatic rings. The van der Waals surface area contributed by atoms with Crippen LogP contribution >= 0.6 is 0 Å². The Balaban J connectivity index is 1.99. The molecule has 0 aliphatic heterocycles. The molecule has 168 valence electrons. The minimum absolute atomic E-state index is 0.0506. The van der Waals surface area contributed by atoms with Gasteiger partial charge in [-0.25, -0.2) is 4.99 Å². The summed E-state index contributed by atoms with van der Waals surface area (Å²) in [6.07, 6.45) is -4.38. The molecule has 0 heterocycles. The van der Waals surface area contributed by atoms with Crippen LogP contribution in [-0.2, 0) is 24.1 Å². The lowest BCUT2D eigenvalue weighted by molar-refractivity contribution is -0.137. The minimum Gasteiger partial charge on any atom is -0.484 e. The Labute approximate surface area is 180 Å². The zero-order valence-corrected chi connectivity index (χ0v) is 17.8. The molecule has 0 saturated carbocycles. The molecule has 2 N–H and O–H groups in total. The van der Waals surface area contributed by atoms with Crippen molar-refractivity contribution in [2.24, 2.45) is 4.99 Å². The van der Waals surface area contributed by atoms with Crippen molar-refractivity contribution in [3.63, 3.8) is 0 Å².